The van der Waals surface area contributed by atoms with Gasteiger partial charge in [0, 0.05) is 17.4 Å². The molecule has 2 aromatic heterocycles. The lowest BCUT2D eigenvalue weighted by Crippen LogP contribution is -2.20. The first kappa shape index (κ1) is 18.5. The number of anilines is 1. The SMILES string of the molecule is O=C(Nc1cc(Cl)nc(Cl)c1)O[C@@H](Cn1ccnc1)c1ccc(Cl)cc1. The molecular formula is C17H13Cl3N4O2. The maximum atomic E-state index is 12.3. The Labute approximate surface area is 164 Å². The van der Waals surface area contributed by atoms with E-state index in [-0.39, 0.29) is 10.3 Å². The summed E-state index contributed by atoms with van der Waals surface area (Å²) in [7, 11) is 0. The minimum absolute atomic E-state index is 0.167. The summed E-state index contributed by atoms with van der Waals surface area (Å²) in [6.07, 6.45) is 3.89. The van der Waals surface area contributed by atoms with Crippen LogP contribution in [-0.4, -0.2) is 20.6 Å². The molecule has 134 valence electrons. The lowest BCUT2D eigenvalue weighted by Gasteiger charge is -2.19. The summed E-state index contributed by atoms with van der Waals surface area (Å²) in [6, 6.07) is 10.0. The monoisotopic (exact) mass is 410 g/mol. The standard InChI is InChI=1S/C17H13Cl3N4O2/c18-12-3-1-11(2-4-12)14(9-24-6-5-21-10-24)26-17(25)22-13-7-15(19)23-16(20)8-13/h1-8,10,14H,9H2,(H,22,23,25)/t14-/m0/s1. The smallest absolute Gasteiger partial charge is 0.412 e. The summed E-state index contributed by atoms with van der Waals surface area (Å²) >= 11 is 17.6. The highest BCUT2D eigenvalue weighted by molar-refractivity contribution is 6.33. The molecule has 3 rings (SSSR count). The molecule has 0 fully saturated rings. The Morgan fingerprint density at radius 2 is 1.85 bits per heavy atom. The quantitative estimate of drug-likeness (QED) is 0.584. The van der Waals surface area contributed by atoms with Gasteiger partial charge in [0.15, 0.2) is 0 Å². The zero-order chi connectivity index (χ0) is 18.5. The molecule has 3 aromatic rings. The molecule has 1 aromatic carbocycles. The van der Waals surface area contributed by atoms with Crippen LogP contribution in [0.5, 0.6) is 0 Å². The molecule has 1 atom stereocenters. The van der Waals surface area contributed by atoms with Gasteiger partial charge >= 0.3 is 6.09 Å². The topological polar surface area (TPSA) is 69.0 Å². The highest BCUT2D eigenvalue weighted by atomic mass is 35.5. The van der Waals surface area contributed by atoms with Crippen LogP contribution in [0.3, 0.4) is 0 Å². The summed E-state index contributed by atoms with van der Waals surface area (Å²) in [5.74, 6) is 0. The zero-order valence-corrected chi connectivity index (χ0v) is 15.5. The van der Waals surface area contributed by atoms with Gasteiger partial charge in [-0.25, -0.2) is 14.8 Å². The van der Waals surface area contributed by atoms with Gasteiger partial charge < -0.3 is 9.30 Å². The summed E-state index contributed by atoms with van der Waals surface area (Å²) in [4.78, 5) is 20.1. The summed E-state index contributed by atoms with van der Waals surface area (Å²) in [6.45, 7) is 0.396. The molecule has 0 bridgehead atoms. The third-order valence-corrected chi connectivity index (χ3v) is 4.08. The molecule has 0 aliphatic carbocycles. The van der Waals surface area contributed by atoms with Gasteiger partial charge in [0.1, 0.15) is 16.4 Å². The Morgan fingerprint density at radius 3 is 2.46 bits per heavy atom. The fourth-order valence-electron chi connectivity index (χ4n) is 2.29. The first-order valence-electron chi connectivity index (χ1n) is 7.51. The minimum Gasteiger partial charge on any atom is -0.439 e. The number of carbonyl (C=O) groups is 1. The lowest BCUT2D eigenvalue weighted by atomic mass is 10.1. The number of nitrogens with one attached hydrogen (secondary N) is 1. The second-order valence-electron chi connectivity index (χ2n) is 5.33. The number of nitrogens with zero attached hydrogens (tertiary/aromatic N) is 3. The first-order chi connectivity index (χ1) is 12.5. The number of imidazole rings is 1. The van der Waals surface area contributed by atoms with Crippen molar-refractivity contribution in [2.75, 3.05) is 5.32 Å². The second kappa shape index (κ2) is 8.40. The second-order valence-corrected chi connectivity index (χ2v) is 6.54. The molecular weight excluding hydrogens is 399 g/mol. The Hall–Kier alpha value is -2.28. The number of pyridine rings is 1. The molecule has 0 unspecified atom stereocenters. The highest BCUT2D eigenvalue weighted by Gasteiger charge is 2.18. The number of carbonyl (C=O) groups excluding carboxylic acids is 1. The van der Waals surface area contributed by atoms with Gasteiger partial charge in [0.2, 0.25) is 0 Å². The maximum absolute atomic E-state index is 12.3. The average Bonchev–Trinajstić information content (AvgIpc) is 3.07. The number of hydrogen-bond donors (Lipinski definition) is 1. The number of amides is 1. The van der Waals surface area contributed by atoms with E-state index in [0.29, 0.717) is 17.3 Å². The van der Waals surface area contributed by atoms with Crippen molar-refractivity contribution in [2.45, 2.75) is 12.6 Å². The van der Waals surface area contributed by atoms with Crippen LogP contribution in [0.2, 0.25) is 15.3 Å². The third-order valence-electron chi connectivity index (χ3n) is 3.44. The van der Waals surface area contributed by atoms with E-state index in [4.69, 9.17) is 39.5 Å². The predicted molar refractivity (Wildman–Crippen MR) is 101 cm³/mol. The van der Waals surface area contributed by atoms with E-state index in [9.17, 15) is 4.79 Å². The van der Waals surface area contributed by atoms with Gasteiger partial charge in [-0.05, 0) is 29.8 Å². The van der Waals surface area contributed by atoms with Crippen molar-refractivity contribution >= 4 is 46.6 Å². The Morgan fingerprint density at radius 1 is 1.15 bits per heavy atom. The number of hydrogen-bond acceptors (Lipinski definition) is 4. The molecule has 0 saturated carbocycles. The normalized spacial score (nSPS) is 11.8. The average molecular weight is 412 g/mol. The fraction of sp³-hybridized carbons (Fsp3) is 0.118. The molecule has 2 heterocycles. The fourth-order valence-corrected chi connectivity index (χ4v) is 2.87. The van der Waals surface area contributed by atoms with Crippen LogP contribution in [0.1, 0.15) is 11.7 Å². The number of halogens is 3. The number of rotatable bonds is 5. The van der Waals surface area contributed by atoms with Crippen molar-refractivity contribution in [3.05, 3.63) is 76.0 Å². The van der Waals surface area contributed by atoms with Crippen LogP contribution in [0, 0.1) is 0 Å². The van der Waals surface area contributed by atoms with Crippen molar-refractivity contribution in [3.63, 3.8) is 0 Å². The molecule has 0 saturated heterocycles. The predicted octanol–water partition coefficient (Wildman–Crippen LogP) is 5.23. The zero-order valence-electron chi connectivity index (χ0n) is 13.3. The number of benzene rings is 1. The maximum Gasteiger partial charge on any atom is 0.412 e. The molecule has 1 amide bonds. The van der Waals surface area contributed by atoms with Gasteiger partial charge in [0.25, 0.3) is 0 Å². The van der Waals surface area contributed by atoms with Gasteiger partial charge in [-0.2, -0.15) is 0 Å². The molecule has 0 aliphatic rings. The first-order valence-corrected chi connectivity index (χ1v) is 8.65. The van der Waals surface area contributed by atoms with Crippen molar-refractivity contribution in [2.24, 2.45) is 0 Å². The van der Waals surface area contributed by atoms with Crippen molar-refractivity contribution in [1.82, 2.24) is 14.5 Å². The van der Waals surface area contributed by atoms with E-state index in [1.54, 1.807) is 43.0 Å². The minimum atomic E-state index is -0.650. The van der Waals surface area contributed by atoms with Gasteiger partial charge in [-0.15, -0.1) is 0 Å². The summed E-state index contributed by atoms with van der Waals surface area (Å²) < 4.78 is 7.40. The van der Waals surface area contributed by atoms with Crippen LogP contribution in [0.4, 0.5) is 10.5 Å². The van der Waals surface area contributed by atoms with Crippen LogP contribution in [-0.2, 0) is 11.3 Å². The third kappa shape index (κ3) is 5.11. The summed E-state index contributed by atoms with van der Waals surface area (Å²) in [5.41, 5.74) is 1.18. The number of ether oxygens (including phenoxy) is 1. The van der Waals surface area contributed by atoms with Gasteiger partial charge in [-0.3, -0.25) is 5.32 Å². The van der Waals surface area contributed by atoms with Crippen LogP contribution in [0.25, 0.3) is 0 Å². The van der Waals surface area contributed by atoms with Gasteiger partial charge in [0.05, 0.1) is 18.6 Å². The van der Waals surface area contributed by atoms with Crippen LogP contribution < -0.4 is 5.32 Å². The molecule has 6 nitrogen and oxygen atoms in total. The molecule has 0 spiro atoms. The highest BCUT2D eigenvalue weighted by Crippen LogP contribution is 2.24. The molecule has 26 heavy (non-hydrogen) atoms. The van der Waals surface area contributed by atoms with E-state index < -0.39 is 12.2 Å². The van der Waals surface area contributed by atoms with Gasteiger partial charge in [-0.1, -0.05) is 46.9 Å². The van der Waals surface area contributed by atoms with Crippen molar-refractivity contribution in [3.8, 4) is 0 Å². The molecule has 0 radical (unpaired) electrons. The summed E-state index contributed by atoms with van der Waals surface area (Å²) in [5, 5.41) is 3.53. The van der Waals surface area contributed by atoms with E-state index in [0.717, 1.165) is 5.56 Å². The Kier molecular flexibility index (Phi) is 5.98. The van der Waals surface area contributed by atoms with E-state index in [2.05, 4.69) is 15.3 Å². The largest absolute Gasteiger partial charge is 0.439 e. The lowest BCUT2D eigenvalue weighted by molar-refractivity contribution is 0.0998. The number of aromatic nitrogens is 3. The Bertz CT molecular complexity index is 865. The van der Waals surface area contributed by atoms with E-state index in [1.807, 2.05) is 4.57 Å². The molecule has 0 aliphatic heterocycles. The van der Waals surface area contributed by atoms with Crippen LogP contribution in [0.15, 0.2) is 55.1 Å². The van der Waals surface area contributed by atoms with Crippen molar-refractivity contribution < 1.29 is 9.53 Å². The molecule has 9 heteroatoms. The Balaban J connectivity index is 1.75. The van der Waals surface area contributed by atoms with Crippen LogP contribution >= 0.6 is 34.8 Å². The van der Waals surface area contributed by atoms with Crippen molar-refractivity contribution in [1.29, 1.82) is 0 Å². The molecule has 1 N–H and O–H groups in total. The van der Waals surface area contributed by atoms with E-state index in [1.165, 1.54) is 12.1 Å². The van der Waals surface area contributed by atoms with E-state index >= 15 is 0 Å².